The smallest absolute Gasteiger partial charge is 0.255 e. The van der Waals surface area contributed by atoms with Crippen LogP contribution in [0.5, 0.6) is 0 Å². The summed E-state index contributed by atoms with van der Waals surface area (Å²) < 4.78 is 1.69. The molecule has 0 aliphatic carbocycles. The number of hydrogen-bond acceptors (Lipinski definition) is 5. The van der Waals surface area contributed by atoms with Gasteiger partial charge in [-0.2, -0.15) is 19.6 Å². The molecule has 20 heavy (non-hydrogen) atoms. The van der Waals surface area contributed by atoms with Gasteiger partial charge in [-0.15, -0.1) is 0 Å². The molecule has 0 bridgehead atoms. The fraction of sp³-hybridized carbons (Fsp3) is 0.500. The highest BCUT2D eigenvalue weighted by Gasteiger charge is 2.36. The minimum Gasteiger partial charge on any atom is -0.353 e. The topological polar surface area (TPSA) is 66.6 Å². The second kappa shape index (κ2) is 4.31. The summed E-state index contributed by atoms with van der Waals surface area (Å²) in [4.78, 5) is 24.1. The number of rotatable bonds is 1. The van der Waals surface area contributed by atoms with E-state index in [-0.39, 0.29) is 5.91 Å². The Kier molecular flexibility index (Phi) is 2.56. The van der Waals surface area contributed by atoms with Crippen molar-refractivity contribution in [2.45, 2.75) is 18.9 Å². The van der Waals surface area contributed by atoms with Crippen LogP contribution < -0.4 is 4.90 Å². The minimum absolute atomic E-state index is 0.272. The third-order valence-electron chi connectivity index (χ3n) is 4.02. The van der Waals surface area contributed by atoms with Crippen molar-refractivity contribution in [3.63, 3.8) is 0 Å². The molecule has 0 spiro atoms. The molecular weight excluding hydrogens is 280 g/mol. The maximum Gasteiger partial charge on any atom is 0.255 e. The fourth-order valence-corrected chi connectivity index (χ4v) is 3.24. The third-order valence-corrected chi connectivity index (χ3v) is 4.21. The zero-order valence-corrected chi connectivity index (χ0v) is 11.5. The summed E-state index contributed by atoms with van der Waals surface area (Å²) >= 11 is 6.05. The van der Waals surface area contributed by atoms with Crippen LogP contribution >= 0.6 is 11.6 Å². The largest absolute Gasteiger partial charge is 0.353 e. The van der Waals surface area contributed by atoms with Crippen LogP contribution in [0.25, 0.3) is 5.78 Å². The molecule has 2 aromatic rings. The molecule has 1 atom stereocenters. The quantitative estimate of drug-likeness (QED) is 0.720. The van der Waals surface area contributed by atoms with Crippen molar-refractivity contribution in [1.82, 2.24) is 24.5 Å². The van der Waals surface area contributed by atoms with Crippen LogP contribution in [0, 0.1) is 0 Å². The van der Waals surface area contributed by atoms with Crippen molar-refractivity contribution in [3.8, 4) is 0 Å². The molecule has 0 radical (unpaired) electrons. The highest BCUT2D eigenvalue weighted by Crippen LogP contribution is 2.27. The van der Waals surface area contributed by atoms with Crippen LogP contribution in [0.15, 0.2) is 12.4 Å². The van der Waals surface area contributed by atoms with Gasteiger partial charge in [0.15, 0.2) is 0 Å². The molecule has 7 nitrogen and oxygen atoms in total. The third kappa shape index (κ3) is 1.73. The molecule has 1 unspecified atom stereocenters. The molecule has 8 heteroatoms. The van der Waals surface area contributed by atoms with Crippen LogP contribution in [0.1, 0.15) is 12.8 Å². The second-order valence-electron chi connectivity index (χ2n) is 5.13. The number of carbonyl (C=O) groups excluding carboxylic acids is 1. The molecule has 2 fully saturated rings. The molecule has 104 valence electrons. The summed E-state index contributed by atoms with van der Waals surface area (Å²) in [5, 5.41) is 4.61. The van der Waals surface area contributed by atoms with E-state index in [2.05, 4.69) is 20.0 Å². The van der Waals surface area contributed by atoms with Gasteiger partial charge in [0, 0.05) is 38.2 Å². The molecule has 2 aromatic heterocycles. The van der Waals surface area contributed by atoms with E-state index in [0.29, 0.717) is 23.4 Å². The predicted molar refractivity (Wildman–Crippen MR) is 72.7 cm³/mol. The lowest BCUT2D eigenvalue weighted by Crippen LogP contribution is -2.52. The van der Waals surface area contributed by atoms with Gasteiger partial charge in [0.05, 0.1) is 0 Å². The zero-order valence-electron chi connectivity index (χ0n) is 10.7. The first kappa shape index (κ1) is 11.9. The van der Waals surface area contributed by atoms with Crippen molar-refractivity contribution in [3.05, 3.63) is 17.5 Å². The lowest BCUT2D eigenvalue weighted by atomic mass is 10.1. The van der Waals surface area contributed by atoms with Gasteiger partial charge in [0.2, 0.25) is 5.91 Å². The van der Waals surface area contributed by atoms with Crippen LogP contribution in [-0.4, -0.2) is 56.1 Å². The SMILES string of the molecule is O=C1CCC2CN(c3cc(Cl)nc4ncnn34)CCN12. The number of carbonyl (C=O) groups is 1. The Morgan fingerprint density at radius 1 is 1.35 bits per heavy atom. The van der Waals surface area contributed by atoms with E-state index in [9.17, 15) is 4.79 Å². The molecular formula is C12H13ClN6O. The molecule has 2 aliphatic heterocycles. The van der Waals surface area contributed by atoms with Crippen LogP contribution in [0.3, 0.4) is 0 Å². The Balaban J connectivity index is 1.70. The number of amides is 1. The Morgan fingerprint density at radius 3 is 3.15 bits per heavy atom. The standard InChI is InChI=1S/C12H13ClN6O/c13-9-5-10(19-12(16-9)14-7-15-19)17-3-4-18-8(6-17)1-2-11(18)20/h5,7-8H,1-4,6H2. The van der Waals surface area contributed by atoms with E-state index in [1.165, 1.54) is 6.33 Å². The lowest BCUT2D eigenvalue weighted by Gasteiger charge is -2.38. The van der Waals surface area contributed by atoms with Gasteiger partial charge in [-0.1, -0.05) is 11.6 Å². The van der Waals surface area contributed by atoms with E-state index in [1.54, 1.807) is 10.6 Å². The molecule has 0 aromatic carbocycles. The van der Waals surface area contributed by atoms with E-state index in [1.807, 2.05) is 4.90 Å². The van der Waals surface area contributed by atoms with Crippen LogP contribution in [-0.2, 0) is 4.79 Å². The maximum absolute atomic E-state index is 11.7. The Bertz CT molecular complexity index is 686. The average Bonchev–Trinajstić information content (AvgIpc) is 3.04. The number of hydrogen-bond donors (Lipinski definition) is 0. The number of fused-ring (bicyclic) bond motifs is 2. The highest BCUT2D eigenvalue weighted by atomic mass is 35.5. The summed E-state index contributed by atoms with van der Waals surface area (Å²) in [6.07, 6.45) is 3.06. The number of halogens is 1. The average molecular weight is 293 g/mol. The lowest BCUT2D eigenvalue weighted by molar-refractivity contribution is -0.129. The molecule has 4 heterocycles. The van der Waals surface area contributed by atoms with Gasteiger partial charge < -0.3 is 9.80 Å². The summed E-state index contributed by atoms with van der Waals surface area (Å²) in [6, 6.07) is 2.09. The summed E-state index contributed by atoms with van der Waals surface area (Å²) in [5.74, 6) is 1.65. The highest BCUT2D eigenvalue weighted by molar-refractivity contribution is 6.29. The Hall–Kier alpha value is -1.89. The molecule has 1 amide bonds. The minimum atomic E-state index is 0.272. The van der Waals surface area contributed by atoms with Crippen LogP contribution in [0.4, 0.5) is 5.82 Å². The number of nitrogens with zero attached hydrogens (tertiary/aromatic N) is 6. The number of aromatic nitrogens is 4. The molecule has 2 saturated heterocycles. The first-order chi connectivity index (χ1) is 9.72. The predicted octanol–water partition coefficient (Wildman–Crippen LogP) is 0.589. The van der Waals surface area contributed by atoms with Crippen molar-refractivity contribution in [2.75, 3.05) is 24.5 Å². The zero-order chi connectivity index (χ0) is 13.7. The van der Waals surface area contributed by atoms with Gasteiger partial charge >= 0.3 is 0 Å². The van der Waals surface area contributed by atoms with E-state index in [0.717, 1.165) is 31.9 Å². The summed E-state index contributed by atoms with van der Waals surface area (Å²) in [6.45, 7) is 2.33. The number of anilines is 1. The summed E-state index contributed by atoms with van der Waals surface area (Å²) in [7, 11) is 0. The van der Waals surface area contributed by atoms with E-state index >= 15 is 0 Å². The molecule has 4 rings (SSSR count). The first-order valence-electron chi connectivity index (χ1n) is 6.63. The summed E-state index contributed by atoms with van der Waals surface area (Å²) in [5.41, 5.74) is 0. The fourth-order valence-electron chi connectivity index (χ4n) is 3.07. The van der Waals surface area contributed by atoms with Gasteiger partial charge in [0.1, 0.15) is 17.3 Å². The van der Waals surface area contributed by atoms with Crippen molar-refractivity contribution in [1.29, 1.82) is 0 Å². The van der Waals surface area contributed by atoms with Gasteiger partial charge in [-0.3, -0.25) is 4.79 Å². The second-order valence-corrected chi connectivity index (χ2v) is 5.52. The van der Waals surface area contributed by atoms with Crippen molar-refractivity contribution in [2.24, 2.45) is 0 Å². The molecule has 0 saturated carbocycles. The maximum atomic E-state index is 11.7. The molecule has 0 N–H and O–H groups in total. The monoisotopic (exact) mass is 292 g/mol. The normalized spacial score (nSPS) is 22.6. The Labute approximate surface area is 120 Å². The van der Waals surface area contributed by atoms with Gasteiger partial charge in [0.25, 0.3) is 5.78 Å². The Morgan fingerprint density at radius 2 is 2.25 bits per heavy atom. The van der Waals surface area contributed by atoms with Gasteiger partial charge in [-0.25, -0.2) is 0 Å². The number of piperazine rings is 1. The van der Waals surface area contributed by atoms with Crippen molar-refractivity contribution >= 4 is 29.1 Å². The molecule has 2 aliphatic rings. The van der Waals surface area contributed by atoms with Crippen LogP contribution in [0.2, 0.25) is 5.15 Å². The first-order valence-corrected chi connectivity index (χ1v) is 7.01. The van der Waals surface area contributed by atoms with Gasteiger partial charge in [-0.05, 0) is 6.42 Å². The van der Waals surface area contributed by atoms with Crippen molar-refractivity contribution < 1.29 is 4.79 Å². The van der Waals surface area contributed by atoms with E-state index in [4.69, 9.17) is 11.6 Å². The van der Waals surface area contributed by atoms with E-state index < -0.39 is 0 Å².